The van der Waals surface area contributed by atoms with E-state index in [1.807, 2.05) is 56.7 Å². The number of aryl methyl sites for hydroxylation is 3. The fourth-order valence-corrected chi connectivity index (χ4v) is 4.11. The standard InChI is InChI=1S/C20H20N6OS2/c1-11-16(12(2)26-19(21-11)24-20(25-26)28-4)9-18(27)23-15-7-5-6-14(8-15)17-10-29-13(3)22-17/h5-8,10H,9H2,1-4H3,(H,23,27). The highest BCUT2D eigenvalue weighted by Crippen LogP contribution is 2.24. The number of hydrogen-bond acceptors (Lipinski definition) is 7. The lowest BCUT2D eigenvalue weighted by molar-refractivity contribution is -0.115. The zero-order valence-corrected chi connectivity index (χ0v) is 18.2. The molecule has 0 aliphatic rings. The van der Waals surface area contributed by atoms with E-state index < -0.39 is 0 Å². The average Bonchev–Trinajstić information content (AvgIpc) is 3.31. The largest absolute Gasteiger partial charge is 0.326 e. The number of hydrogen-bond donors (Lipinski definition) is 1. The van der Waals surface area contributed by atoms with Crippen molar-refractivity contribution in [3.8, 4) is 11.3 Å². The number of fused-ring (bicyclic) bond motifs is 1. The van der Waals surface area contributed by atoms with Crippen LogP contribution in [0.4, 0.5) is 5.69 Å². The Labute approximate surface area is 176 Å². The topological polar surface area (TPSA) is 85.1 Å². The number of anilines is 1. The van der Waals surface area contributed by atoms with Gasteiger partial charge in [-0.1, -0.05) is 23.9 Å². The van der Waals surface area contributed by atoms with Gasteiger partial charge in [-0.2, -0.15) is 4.98 Å². The van der Waals surface area contributed by atoms with Gasteiger partial charge in [0.25, 0.3) is 5.78 Å². The van der Waals surface area contributed by atoms with Crippen LogP contribution in [0.1, 0.15) is 22.0 Å². The molecule has 4 rings (SSSR count). The Morgan fingerprint density at radius 2 is 2.03 bits per heavy atom. The third-order valence-electron chi connectivity index (χ3n) is 4.61. The van der Waals surface area contributed by atoms with Crippen LogP contribution in [-0.2, 0) is 11.2 Å². The summed E-state index contributed by atoms with van der Waals surface area (Å²) in [5, 5.41) is 11.1. The van der Waals surface area contributed by atoms with Crippen LogP contribution in [0.15, 0.2) is 34.8 Å². The number of thiazole rings is 1. The molecule has 148 valence electrons. The van der Waals surface area contributed by atoms with Crippen molar-refractivity contribution in [1.29, 1.82) is 0 Å². The third kappa shape index (κ3) is 4.01. The van der Waals surface area contributed by atoms with E-state index in [2.05, 4.69) is 25.4 Å². The quantitative estimate of drug-likeness (QED) is 0.486. The van der Waals surface area contributed by atoms with Crippen LogP contribution in [0.3, 0.4) is 0 Å². The van der Waals surface area contributed by atoms with Crippen molar-refractivity contribution in [2.75, 3.05) is 11.6 Å². The number of carbonyl (C=O) groups excluding carboxylic acids is 1. The van der Waals surface area contributed by atoms with Crippen molar-refractivity contribution >= 4 is 40.5 Å². The van der Waals surface area contributed by atoms with E-state index in [9.17, 15) is 4.79 Å². The van der Waals surface area contributed by atoms with E-state index in [0.717, 1.165) is 38.9 Å². The molecule has 0 bridgehead atoms. The average molecular weight is 425 g/mol. The predicted molar refractivity (Wildman–Crippen MR) is 117 cm³/mol. The summed E-state index contributed by atoms with van der Waals surface area (Å²) in [6.07, 6.45) is 2.14. The number of thioether (sulfide) groups is 1. The minimum absolute atomic E-state index is 0.103. The molecule has 0 fully saturated rings. The number of amides is 1. The van der Waals surface area contributed by atoms with Crippen LogP contribution in [0.5, 0.6) is 0 Å². The van der Waals surface area contributed by atoms with E-state index in [1.165, 1.54) is 11.8 Å². The van der Waals surface area contributed by atoms with Crippen molar-refractivity contribution in [2.24, 2.45) is 0 Å². The van der Waals surface area contributed by atoms with Gasteiger partial charge in [-0.15, -0.1) is 16.4 Å². The summed E-state index contributed by atoms with van der Waals surface area (Å²) in [5.41, 5.74) is 5.17. The van der Waals surface area contributed by atoms with Crippen molar-refractivity contribution in [1.82, 2.24) is 24.6 Å². The Bertz CT molecular complexity index is 1210. The van der Waals surface area contributed by atoms with Crippen LogP contribution in [-0.4, -0.2) is 36.7 Å². The molecule has 0 saturated heterocycles. The smallest absolute Gasteiger partial charge is 0.253 e. The molecule has 0 aliphatic heterocycles. The molecule has 3 aromatic heterocycles. The molecule has 1 N–H and O–H groups in total. The molecule has 0 atom stereocenters. The first-order valence-electron chi connectivity index (χ1n) is 9.04. The monoisotopic (exact) mass is 424 g/mol. The van der Waals surface area contributed by atoms with E-state index in [4.69, 9.17) is 0 Å². The lowest BCUT2D eigenvalue weighted by Crippen LogP contribution is -2.17. The van der Waals surface area contributed by atoms with Gasteiger partial charge in [0.05, 0.1) is 17.1 Å². The fraction of sp³-hybridized carbons (Fsp3) is 0.250. The molecule has 3 heterocycles. The second kappa shape index (κ2) is 7.92. The molecule has 1 amide bonds. The van der Waals surface area contributed by atoms with Crippen molar-refractivity contribution in [3.63, 3.8) is 0 Å². The predicted octanol–water partition coefficient (Wildman–Crippen LogP) is 4.08. The summed E-state index contributed by atoms with van der Waals surface area (Å²) in [6.45, 7) is 5.81. The lowest BCUT2D eigenvalue weighted by Gasteiger charge is -2.11. The molecule has 0 saturated carbocycles. The summed E-state index contributed by atoms with van der Waals surface area (Å²) in [7, 11) is 0. The molecular formula is C20H20N6OS2. The molecule has 1 aromatic carbocycles. The third-order valence-corrected chi connectivity index (χ3v) is 5.92. The molecule has 9 heteroatoms. The van der Waals surface area contributed by atoms with Gasteiger partial charge in [0.15, 0.2) is 0 Å². The first-order chi connectivity index (χ1) is 13.9. The van der Waals surface area contributed by atoms with E-state index >= 15 is 0 Å². The van der Waals surface area contributed by atoms with Crippen LogP contribution >= 0.6 is 23.1 Å². The second-order valence-corrected chi connectivity index (χ2v) is 8.46. The molecule has 0 unspecified atom stereocenters. The normalized spacial score (nSPS) is 11.2. The summed E-state index contributed by atoms with van der Waals surface area (Å²) < 4.78 is 1.70. The number of carbonyl (C=O) groups is 1. The maximum atomic E-state index is 12.7. The first-order valence-corrected chi connectivity index (χ1v) is 11.1. The summed E-state index contributed by atoms with van der Waals surface area (Å²) in [6, 6.07) is 7.73. The van der Waals surface area contributed by atoms with Gasteiger partial charge in [0.1, 0.15) is 0 Å². The van der Waals surface area contributed by atoms with E-state index in [1.54, 1.807) is 15.9 Å². The zero-order valence-electron chi connectivity index (χ0n) is 16.6. The summed E-state index contributed by atoms with van der Waals surface area (Å²) in [5.74, 6) is 0.453. The Hall–Kier alpha value is -2.78. The number of rotatable bonds is 5. The fourth-order valence-electron chi connectivity index (χ4n) is 3.15. The summed E-state index contributed by atoms with van der Waals surface area (Å²) in [4.78, 5) is 26.1. The minimum Gasteiger partial charge on any atom is -0.326 e. The van der Waals surface area contributed by atoms with Gasteiger partial charge in [-0.25, -0.2) is 14.5 Å². The Morgan fingerprint density at radius 3 is 2.76 bits per heavy atom. The lowest BCUT2D eigenvalue weighted by atomic mass is 10.1. The van der Waals surface area contributed by atoms with Crippen LogP contribution < -0.4 is 5.32 Å². The van der Waals surface area contributed by atoms with Crippen molar-refractivity contribution in [2.45, 2.75) is 32.3 Å². The van der Waals surface area contributed by atoms with Gasteiger partial charge in [-0.05, 0) is 39.2 Å². The number of nitrogens with one attached hydrogen (secondary N) is 1. The maximum Gasteiger partial charge on any atom is 0.253 e. The number of benzene rings is 1. The number of nitrogens with zero attached hydrogens (tertiary/aromatic N) is 5. The molecule has 7 nitrogen and oxygen atoms in total. The molecule has 29 heavy (non-hydrogen) atoms. The van der Waals surface area contributed by atoms with Gasteiger partial charge in [-0.3, -0.25) is 4.79 Å². The highest BCUT2D eigenvalue weighted by Gasteiger charge is 2.16. The van der Waals surface area contributed by atoms with Crippen LogP contribution in [0.2, 0.25) is 0 Å². The Kier molecular flexibility index (Phi) is 5.33. The van der Waals surface area contributed by atoms with E-state index in [-0.39, 0.29) is 12.3 Å². The molecule has 4 aromatic rings. The maximum absolute atomic E-state index is 12.7. The van der Waals surface area contributed by atoms with Crippen LogP contribution in [0, 0.1) is 20.8 Å². The zero-order chi connectivity index (χ0) is 20.5. The number of aromatic nitrogens is 5. The van der Waals surface area contributed by atoms with Gasteiger partial charge in [0, 0.05) is 33.6 Å². The van der Waals surface area contributed by atoms with Gasteiger partial charge in [0.2, 0.25) is 11.1 Å². The Morgan fingerprint density at radius 1 is 1.21 bits per heavy atom. The Balaban J connectivity index is 1.56. The van der Waals surface area contributed by atoms with Gasteiger partial charge < -0.3 is 5.32 Å². The molecule has 0 radical (unpaired) electrons. The molecular weight excluding hydrogens is 404 g/mol. The highest BCUT2D eigenvalue weighted by molar-refractivity contribution is 7.98. The summed E-state index contributed by atoms with van der Waals surface area (Å²) >= 11 is 3.07. The molecule has 0 spiro atoms. The molecule has 0 aliphatic carbocycles. The minimum atomic E-state index is -0.103. The SMILES string of the molecule is CSc1nc2nc(C)c(CC(=O)Nc3cccc(-c4csc(C)n4)c3)c(C)n2n1. The van der Waals surface area contributed by atoms with Gasteiger partial charge >= 0.3 is 0 Å². The highest BCUT2D eigenvalue weighted by atomic mass is 32.2. The first kappa shape index (κ1) is 19.5. The van der Waals surface area contributed by atoms with Crippen molar-refractivity contribution in [3.05, 3.63) is 51.6 Å². The van der Waals surface area contributed by atoms with E-state index in [0.29, 0.717) is 10.9 Å². The second-order valence-electron chi connectivity index (χ2n) is 6.63. The van der Waals surface area contributed by atoms with Crippen molar-refractivity contribution < 1.29 is 4.79 Å². The van der Waals surface area contributed by atoms with Crippen LogP contribution in [0.25, 0.3) is 17.0 Å².